The maximum absolute atomic E-state index is 11.3. The second-order valence-electron chi connectivity index (χ2n) is 2.74. The highest BCUT2D eigenvalue weighted by Crippen LogP contribution is 2.08. The first-order valence-corrected chi connectivity index (χ1v) is 3.88. The lowest BCUT2D eigenvalue weighted by atomic mass is 10.1. The van der Waals surface area contributed by atoms with Gasteiger partial charge in [-0.25, -0.2) is 4.98 Å². The third kappa shape index (κ3) is 1.31. The summed E-state index contributed by atoms with van der Waals surface area (Å²) in [5, 5.41) is 9.36. The van der Waals surface area contributed by atoms with Gasteiger partial charge in [0, 0.05) is 0 Å². The van der Waals surface area contributed by atoms with Gasteiger partial charge in [-0.05, 0) is 17.7 Å². The zero-order chi connectivity index (χ0) is 9.26. The number of aliphatic hydroxyl groups is 1. The average Bonchev–Trinajstić information content (AvgIpc) is 2.18. The number of hydrogen-bond acceptors (Lipinski definition) is 3. The minimum absolute atomic E-state index is 0.0652. The summed E-state index contributed by atoms with van der Waals surface area (Å²) in [6.45, 7) is -0.0652. The number of fused-ring (bicyclic) bond motifs is 1. The molecule has 0 radical (unpaired) electrons. The Kier molecular flexibility index (Phi) is 1.83. The lowest BCUT2D eigenvalue weighted by Crippen LogP contribution is -2.06. The Balaban J connectivity index is 2.82. The van der Waals surface area contributed by atoms with Crippen molar-refractivity contribution in [2.75, 3.05) is 0 Å². The molecule has 0 saturated carbocycles. The predicted molar refractivity (Wildman–Crippen MR) is 48.3 cm³/mol. The topological polar surface area (TPSA) is 66.0 Å². The predicted octanol–water partition coefficient (Wildman–Crippen LogP) is 0.415. The summed E-state index contributed by atoms with van der Waals surface area (Å²) in [6.07, 6.45) is 1.36. The Labute approximate surface area is 73.9 Å². The van der Waals surface area contributed by atoms with Gasteiger partial charge in [-0.1, -0.05) is 6.07 Å². The summed E-state index contributed by atoms with van der Waals surface area (Å²) >= 11 is 0. The first-order valence-electron chi connectivity index (χ1n) is 3.88. The Morgan fingerprint density at radius 3 is 3.08 bits per heavy atom. The van der Waals surface area contributed by atoms with E-state index in [0.29, 0.717) is 16.5 Å². The second-order valence-corrected chi connectivity index (χ2v) is 2.74. The average molecular weight is 176 g/mol. The Hall–Kier alpha value is -1.68. The summed E-state index contributed by atoms with van der Waals surface area (Å²) in [5.41, 5.74) is 1.17. The molecule has 0 aliphatic heterocycles. The summed E-state index contributed by atoms with van der Waals surface area (Å²) < 4.78 is 0. The van der Waals surface area contributed by atoms with Gasteiger partial charge in [0.2, 0.25) is 0 Å². The standard InChI is InChI=1S/C9H8N2O2/c12-4-6-1-2-8-7(3-6)9(13)11-5-10-8/h1-3,5,12H,4H2,(H,10,11,13). The van der Waals surface area contributed by atoms with Crippen molar-refractivity contribution in [2.45, 2.75) is 6.61 Å². The molecule has 0 aliphatic carbocycles. The van der Waals surface area contributed by atoms with E-state index in [-0.39, 0.29) is 12.2 Å². The van der Waals surface area contributed by atoms with Crippen molar-refractivity contribution < 1.29 is 5.11 Å². The first-order chi connectivity index (χ1) is 6.31. The molecule has 0 unspecified atom stereocenters. The number of hydrogen-bond donors (Lipinski definition) is 2. The largest absolute Gasteiger partial charge is 0.392 e. The zero-order valence-corrected chi connectivity index (χ0v) is 6.82. The molecule has 0 atom stereocenters. The molecule has 0 fully saturated rings. The van der Waals surface area contributed by atoms with Gasteiger partial charge in [-0.3, -0.25) is 4.79 Å². The number of rotatable bonds is 1. The van der Waals surface area contributed by atoms with Crippen molar-refractivity contribution in [1.29, 1.82) is 0 Å². The van der Waals surface area contributed by atoms with Crippen LogP contribution in [0.1, 0.15) is 5.56 Å². The van der Waals surface area contributed by atoms with Crippen LogP contribution >= 0.6 is 0 Å². The number of benzene rings is 1. The Morgan fingerprint density at radius 1 is 1.46 bits per heavy atom. The molecule has 2 aromatic rings. The fraction of sp³-hybridized carbons (Fsp3) is 0.111. The number of aromatic amines is 1. The molecule has 4 nitrogen and oxygen atoms in total. The van der Waals surface area contributed by atoms with Crippen LogP contribution in [0.2, 0.25) is 0 Å². The van der Waals surface area contributed by atoms with E-state index in [2.05, 4.69) is 9.97 Å². The van der Waals surface area contributed by atoms with Gasteiger partial charge in [0.25, 0.3) is 5.56 Å². The fourth-order valence-electron chi connectivity index (χ4n) is 1.21. The SMILES string of the molecule is O=c1[nH]cnc2ccc(CO)cc12. The van der Waals surface area contributed by atoms with Crippen LogP contribution in [0.3, 0.4) is 0 Å². The van der Waals surface area contributed by atoms with Crippen LogP contribution in [-0.2, 0) is 6.61 Å². The van der Waals surface area contributed by atoms with E-state index in [1.165, 1.54) is 6.33 Å². The van der Waals surface area contributed by atoms with Crippen LogP contribution in [-0.4, -0.2) is 15.1 Å². The van der Waals surface area contributed by atoms with Crippen LogP contribution in [0, 0.1) is 0 Å². The molecular formula is C9H8N2O2. The molecule has 2 N–H and O–H groups in total. The molecule has 66 valence electrons. The van der Waals surface area contributed by atoms with E-state index in [1.54, 1.807) is 18.2 Å². The molecule has 13 heavy (non-hydrogen) atoms. The smallest absolute Gasteiger partial charge is 0.258 e. The third-order valence-corrected chi connectivity index (χ3v) is 1.89. The molecule has 4 heteroatoms. The van der Waals surface area contributed by atoms with Gasteiger partial charge in [0.1, 0.15) is 0 Å². The maximum Gasteiger partial charge on any atom is 0.258 e. The highest BCUT2D eigenvalue weighted by molar-refractivity contribution is 5.77. The number of nitrogens with one attached hydrogen (secondary N) is 1. The third-order valence-electron chi connectivity index (χ3n) is 1.89. The van der Waals surface area contributed by atoms with Crippen LogP contribution < -0.4 is 5.56 Å². The van der Waals surface area contributed by atoms with Crippen molar-refractivity contribution in [1.82, 2.24) is 9.97 Å². The van der Waals surface area contributed by atoms with Crippen LogP contribution in [0.25, 0.3) is 10.9 Å². The van der Waals surface area contributed by atoms with E-state index >= 15 is 0 Å². The first kappa shape index (κ1) is 7.94. The highest BCUT2D eigenvalue weighted by atomic mass is 16.3. The van der Waals surface area contributed by atoms with E-state index in [9.17, 15) is 4.79 Å². The van der Waals surface area contributed by atoms with Gasteiger partial charge in [-0.15, -0.1) is 0 Å². The highest BCUT2D eigenvalue weighted by Gasteiger charge is 1.99. The van der Waals surface area contributed by atoms with E-state index in [0.717, 1.165) is 0 Å². The molecule has 0 bridgehead atoms. The van der Waals surface area contributed by atoms with Crippen LogP contribution in [0.4, 0.5) is 0 Å². The molecule has 0 spiro atoms. The molecule has 2 rings (SSSR count). The molecule has 1 aromatic heterocycles. The van der Waals surface area contributed by atoms with Gasteiger partial charge >= 0.3 is 0 Å². The van der Waals surface area contributed by atoms with Gasteiger partial charge in [0.05, 0.1) is 23.8 Å². The normalized spacial score (nSPS) is 10.5. The van der Waals surface area contributed by atoms with Crippen LogP contribution in [0.15, 0.2) is 29.3 Å². The van der Waals surface area contributed by atoms with Gasteiger partial charge in [0.15, 0.2) is 0 Å². The van der Waals surface area contributed by atoms with E-state index < -0.39 is 0 Å². The minimum Gasteiger partial charge on any atom is -0.392 e. The Bertz CT molecular complexity index is 490. The van der Waals surface area contributed by atoms with Crippen molar-refractivity contribution in [3.63, 3.8) is 0 Å². The number of aliphatic hydroxyl groups excluding tert-OH is 1. The molecular weight excluding hydrogens is 168 g/mol. The summed E-state index contributed by atoms with van der Waals surface area (Å²) in [6, 6.07) is 5.10. The van der Waals surface area contributed by atoms with Gasteiger partial charge < -0.3 is 10.1 Å². The van der Waals surface area contributed by atoms with Gasteiger partial charge in [-0.2, -0.15) is 0 Å². The van der Waals surface area contributed by atoms with Crippen molar-refractivity contribution in [3.8, 4) is 0 Å². The minimum atomic E-state index is -0.180. The fourth-order valence-corrected chi connectivity index (χ4v) is 1.21. The zero-order valence-electron chi connectivity index (χ0n) is 6.82. The molecule has 0 aliphatic rings. The molecule has 0 saturated heterocycles. The number of H-pyrrole nitrogens is 1. The Morgan fingerprint density at radius 2 is 2.31 bits per heavy atom. The van der Waals surface area contributed by atoms with E-state index in [4.69, 9.17) is 5.11 Å². The summed E-state index contributed by atoms with van der Waals surface area (Å²) in [7, 11) is 0. The summed E-state index contributed by atoms with van der Waals surface area (Å²) in [5.74, 6) is 0. The quantitative estimate of drug-likeness (QED) is 0.661. The second kappa shape index (κ2) is 2.99. The molecule has 0 amide bonds. The maximum atomic E-state index is 11.3. The van der Waals surface area contributed by atoms with Crippen molar-refractivity contribution in [3.05, 3.63) is 40.4 Å². The lowest BCUT2D eigenvalue weighted by molar-refractivity contribution is 0.282. The monoisotopic (exact) mass is 176 g/mol. The summed E-state index contributed by atoms with van der Waals surface area (Å²) in [4.78, 5) is 17.7. The molecule has 1 aromatic carbocycles. The number of nitrogens with zero attached hydrogens (tertiary/aromatic N) is 1. The van der Waals surface area contributed by atoms with E-state index in [1.807, 2.05) is 0 Å². The van der Waals surface area contributed by atoms with Crippen LogP contribution in [0.5, 0.6) is 0 Å². The molecule has 1 heterocycles. The lowest BCUT2D eigenvalue weighted by Gasteiger charge is -1.97. The van der Waals surface area contributed by atoms with Crippen molar-refractivity contribution in [2.24, 2.45) is 0 Å². The number of aromatic nitrogens is 2. The van der Waals surface area contributed by atoms with Crippen molar-refractivity contribution >= 4 is 10.9 Å².